The number of esters is 1. The van der Waals surface area contributed by atoms with E-state index in [1.807, 2.05) is 0 Å². The third kappa shape index (κ3) is 5.56. The van der Waals surface area contributed by atoms with E-state index in [0.29, 0.717) is 16.8 Å². The predicted octanol–water partition coefficient (Wildman–Crippen LogP) is 4.38. The van der Waals surface area contributed by atoms with Gasteiger partial charge in [-0.05, 0) is 42.0 Å². The first-order valence-corrected chi connectivity index (χ1v) is 7.68. The fourth-order valence-corrected chi connectivity index (χ4v) is 2.20. The smallest absolute Gasteiger partial charge is 0.387 e. The molecule has 2 rings (SSSR count). The second-order valence-electron chi connectivity index (χ2n) is 4.96. The Labute approximate surface area is 153 Å². The molecule has 0 fully saturated rings. The molecule has 2 aromatic carbocycles. The van der Waals surface area contributed by atoms with Crippen molar-refractivity contribution in [3.05, 3.63) is 64.7 Å². The van der Waals surface area contributed by atoms with Gasteiger partial charge in [-0.15, -0.1) is 0 Å². The molecule has 0 bridgehead atoms. The zero-order chi connectivity index (χ0) is 19.1. The van der Waals surface area contributed by atoms with E-state index in [4.69, 9.17) is 11.6 Å². The Balaban J connectivity index is 1.98. The van der Waals surface area contributed by atoms with E-state index in [9.17, 15) is 18.4 Å². The van der Waals surface area contributed by atoms with E-state index >= 15 is 0 Å². The average Bonchev–Trinajstić information content (AvgIpc) is 2.62. The highest BCUT2D eigenvalue weighted by Gasteiger charge is 2.09. The highest BCUT2D eigenvalue weighted by Crippen LogP contribution is 2.28. The molecular formula is C18H14ClF2NO4. The summed E-state index contributed by atoms with van der Waals surface area (Å²) in [6, 6.07) is 10.4. The quantitative estimate of drug-likeness (QED) is 0.595. The van der Waals surface area contributed by atoms with Crippen molar-refractivity contribution in [3.8, 4) is 5.75 Å². The van der Waals surface area contributed by atoms with Crippen LogP contribution in [-0.4, -0.2) is 25.6 Å². The fourth-order valence-electron chi connectivity index (χ4n) is 1.97. The van der Waals surface area contributed by atoms with Gasteiger partial charge in [0.1, 0.15) is 5.75 Å². The number of ether oxygens (including phenoxy) is 2. The highest BCUT2D eigenvalue weighted by atomic mass is 35.5. The molecule has 0 unspecified atom stereocenters. The number of anilines is 1. The van der Waals surface area contributed by atoms with Gasteiger partial charge in [0.2, 0.25) is 5.91 Å². The van der Waals surface area contributed by atoms with E-state index in [1.54, 1.807) is 30.3 Å². The first-order chi connectivity index (χ1) is 12.4. The normalized spacial score (nSPS) is 10.8. The maximum Gasteiger partial charge on any atom is 0.387 e. The van der Waals surface area contributed by atoms with Gasteiger partial charge in [-0.1, -0.05) is 23.7 Å². The second-order valence-corrected chi connectivity index (χ2v) is 5.37. The maximum atomic E-state index is 12.2. The van der Waals surface area contributed by atoms with E-state index < -0.39 is 18.5 Å². The van der Waals surface area contributed by atoms with Crippen LogP contribution in [0, 0.1) is 0 Å². The number of rotatable bonds is 6. The van der Waals surface area contributed by atoms with Crippen LogP contribution in [0.3, 0.4) is 0 Å². The topological polar surface area (TPSA) is 64.6 Å². The Morgan fingerprint density at radius 1 is 1.15 bits per heavy atom. The van der Waals surface area contributed by atoms with E-state index in [1.165, 1.54) is 31.4 Å². The molecule has 26 heavy (non-hydrogen) atoms. The Morgan fingerprint density at radius 3 is 2.42 bits per heavy atom. The number of hydrogen-bond acceptors (Lipinski definition) is 4. The zero-order valence-electron chi connectivity index (χ0n) is 13.5. The van der Waals surface area contributed by atoms with Crippen molar-refractivity contribution in [2.45, 2.75) is 6.61 Å². The predicted molar refractivity (Wildman–Crippen MR) is 93.5 cm³/mol. The van der Waals surface area contributed by atoms with Gasteiger partial charge in [0.25, 0.3) is 0 Å². The molecule has 1 amide bonds. The fraction of sp³-hybridized carbons (Fsp3) is 0.111. The molecule has 136 valence electrons. The number of hydrogen-bond donors (Lipinski definition) is 1. The molecule has 0 aliphatic rings. The molecule has 0 saturated carbocycles. The minimum atomic E-state index is -2.98. The van der Waals surface area contributed by atoms with Crippen LogP contribution in [0.15, 0.2) is 48.5 Å². The summed E-state index contributed by atoms with van der Waals surface area (Å²) in [6.45, 7) is -2.98. The van der Waals surface area contributed by atoms with Crippen LogP contribution in [0.4, 0.5) is 14.5 Å². The van der Waals surface area contributed by atoms with E-state index in [2.05, 4.69) is 14.8 Å². The number of benzene rings is 2. The number of carbonyl (C=O) groups is 2. The van der Waals surface area contributed by atoms with Crippen molar-refractivity contribution < 1.29 is 27.8 Å². The van der Waals surface area contributed by atoms with Gasteiger partial charge in [-0.3, -0.25) is 4.79 Å². The van der Waals surface area contributed by atoms with Crippen LogP contribution in [-0.2, 0) is 9.53 Å². The van der Waals surface area contributed by atoms with Gasteiger partial charge in [0.15, 0.2) is 0 Å². The summed E-state index contributed by atoms with van der Waals surface area (Å²) in [6.07, 6.45) is 2.83. The molecule has 0 heterocycles. The third-order valence-electron chi connectivity index (χ3n) is 3.17. The second kappa shape index (κ2) is 8.96. The van der Waals surface area contributed by atoms with Crippen molar-refractivity contribution >= 4 is 35.2 Å². The molecule has 0 aliphatic carbocycles. The van der Waals surface area contributed by atoms with Crippen LogP contribution in [0.1, 0.15) is 15.9 Å². The zero-order valence-corrected chi connectivity index (χ0v) is 14.3. The van der Waals surface area contributed by atoms with Crippen molar-refractivity contribution in [1.29, 1.82) is 0 Å². The van der Waals surface area contributed by atoms with Gasteiger partial charge in [0, 0.05) is 11.8 Å². The lowest BCUT2D eigenvalue weighted by molar-refractivity contribution is -0.111. The molecule has 0 radical (unpaired) electrons. The number of amides is 1. The number of halogens is 3. The molecule has 5 nitrogen and oxygen atoms in total. The lowest BCUT2D eigenvalue weighted by Gasteiger charge is -2.08. The van der Waals surface area contributed by atoms with E-state index in [0.717, 1.165) is 0 Å². The molecule has 0 spiro atoms. The summed E-state index contributed by atoms with van der Waals surface area (Å²) < 4.78 is 33.2. The van der Waals surface area contributed by atoms with Crippen LogP contribution in [0.5, 0.6) is 5.75 Å². The SMILES string of the molecule is COC(=O)c1ccc(/C=C/C(=O)Nc2ccc(OC(F)F)c(Cl)c2)cc1. The Hall–Kier alpha value is -2.93. The minimum Gasteiger partial charge on any atom is -0.465 e. The summed E-state index contributed by atoms with van der Waals surface area (Å²) in [5.74, 6) is -1.07. The van der Waals surface area contributed by atoms with Crippen molar-refractivity contribution in [3.63, 3.8) is 0 Å². The monoisotopic (exact) mass is 381 g/mol. The molecule has 8 heteroatoms. The largest absolute Gasteiger partial charge is 0.465 e. The van der Waals surface area contributed by atoms with Crippen LogP contribution in [0.2, 0.25) is 5.02 Å². The number of alkyl halides is 2. The van der Waals surface area contributed by atoms with Gasteiger partial charge >= 0.3 is 12.6 Å². The minimum absolute atomic E-state index is 0.0505. The summed E-state index contributed by atoms with van der Waals surface area (Å²) in [7, 11) is 1.29. The lowest BCUT2D eigenvalue weighted by Crippen LogP contribution is -2.08. The highest BCUT2D eigenvalue weighted by molar-refractivity contribution is 6.32. The summed E-state index contributed by atoms with van der Waals surface area (Å²) in [4.78, 5) is 23.3. The first kappa shape index (κ1) is 19.4. The van der Waals surface area contributed by atoms with Gasteiger partial charge in [-0.25, -0.2) is 4.79 Å². The maximum absolute atomic E-state index is 12.2. The molecule has 2 aromatic rings. The molecular weight excluding hydrogens is 368 g/mol. The summed E-state index contributed by atoms with van der Waals surface area (Å²) >= 11 is 5.82. The Kier molecular flexibility index (Phi) is 6.68. The molecule has 0 saturated heterocycles. The Bertz CT molecular complexity index is 822. The van der Waals surface area contributed by atoms with Crippen LogP contribution >= 0.6 is 11.6 Å². The summed E-state index contributed by atoms with van der Waals surface area (Å²) in [5, 5.41) is 2.49. The molecule has 1 N–H and O–H groups in total. The number of nitrogens with one attached hydrogen (secondary N) is 1. The van der Waals surface area contributed by atoms with Gasteiger partial charge in [-0.2, -0.15) is 8.78 Å². The molecule has 0 aliphatic heterocycles. The van der Waals surface area contributed by atoms with Crippen molar-refractivity contribution in [2.24, 2.45) is 0 Å². The van der Waals surface area contributed by atoms with Crippen LogP contribution < -0.4 is 10.1 Å². The summed E-state index contributed by atoms with van der Waals surface area (Å²) in [5.41, 5.74) is 1.42. The Morgan fingerprint density at radius 2 is 1.85 bits per heavy atom. The average molecular weight is 382 g/mol. The first-order valence-electron chi connectivity index (χ1n) is 7.31. The van der Waals surface area contributed by atoms with Crippen molar-refractivity contribution in [1.82, 2.24) is 0 Å². The van der Waals surface area contributed by atoms with Gasteiger partial charge < -0.3 is 14.8 Å². The number of methoxy groups -OCH3 is 1. The standard InChI is InChI=1S/C18H14ClF2NO4/c1-25-17(24)12-5-2-11(3-6-12)4-9-16(23)22-13-7-8-15(14(19)10-13)26-18(20)21/h2-10,18H,1H3,(H,22,23)/b9-4+. The van der Waals surface area contributed by atoms with Crippen molar-refractivity contribution in [2.75, 3.05) is 12.4 Å². The van der Waals surface area contributed by atoms with Gasteiger partial charge in [0.05, 0.1) is 17.7 Å². The van der Waals surface area contributed by atoms with Crippen LogP contribution in [0.25, 0.3) is 6.08 Å². The van der Waals surface area contributed by atoms with E-state index in [-0.39, 0.29) is 10.8 Å². The lowest BCUT2D eigenvalue weighted by atomic mass is 10.1. The molecule has 0 aromatic heterocycles. The third-order valence-corrected chi connectivity index (χ3v) is 3.47. The molecule has 0 atom stereocenters. The number of carbonyl (C=O) groups excluding carboxylic acids is 2.